The standard InChI is InChI=1S/C20H21ClN2O4S/c1-2-8-23-9-7-16-14(11-18-20(19(16)21)27-12-26-18)10-17(23)13-3-5-15(6-4-13)28(22,24)25/h2-6,11,17H,1,7-10,12H2,(H2,22,24,25). The average Bonchev–Trinajstić information content (AvgIpc) is 3.05. The maximum Gasteiger partial charge on any atom is 0.238 e. The molecule has 2 heterocycles. The Bertz CT molecular complexity index is 1020. The minimum Gasteiger partial charge on any atom is -0.454 e. The fourth-order valence-electron chi connectivity index (χ4n) is 3.88. The molecule has 0 bridgehead atoms. The third kappa shape index (κ3) is 3.51. The van der Waals surface area contributed by atoms with E-state index in [4.69, 9.17) is 26.2 Å². The van der Waals surface area contributed by atoms with Gasteiger partial charge in [-0.1, -0.05) is 29.8 Å². The first kappa shape index (κ1) is 19.3. The summed E-state index contributed by atoms with van der Waals surface area (Å²) in [6, 6.07) is 8.79. The highest BCUT2D eigenvalue weighted by molar-refractivity contribution is 7.89. The van der Waals surface area contributed by atoms with Crippen molar-refractivity contribution in [3.63, 3.8) is 0 Å². The Hall–Kier alpha value is -2.06. The summed E-state index contributed by atoms with van der Waals surface area (Å²) in [6.07, 6.45) is 3.37. The van der Waals surface area contributed by atoms with Crippen LogP contribution < -0.4 is 14.6 Å². The summed E-state index contributed by atoms with van der Waals surface area (Å²) in [4.78, 5) is 2.41. The molecular formula is C20H21ClN2O4S. The van der Waals surface area contributed by atoms with Gasteiger partial charge in [0.2, 0.25) is 16.8 Å². The van der Waals surface area contributed by atoms with Crippen LogP contribution in [0.4, 0.5) is 0 Å². The van der Waals surface area contributed by atoms with Crippen molar-refractivity contribution in [2.45, 2.75) is 23.8 Å². The fraction of sp³-hybridized carbons (Fsp3) is 0.300. The van der Waals surface area contributed by atoms with Crippen LogP contribution in [0.25, 0.3) is 0 Å². The third-order valence-electron chi connectivity index (χ3n) is 5.26. The van der Waals surface area contributed by atoms with E-state index in [1.165, 1.54) is 0 Å². The van der Waals surface area contributed by atoms with E-state index in [1.54, 1.807) is 12.1 Å². The molecule has 2 aliphatic rings. The van der Waals surface area contributed by atoms with Crippen molar-refractivity contribution in [1.82, 2.24) is 4.90 Å². The molecular weight excluding hydrogens is 400 g/mol. The predicted octanol–water partition coefficient (Wildman–Crippen LogP) is 3.04. The summed E-state index contributed by atoms with van der Waals surface area (Å²) in [5, 5.41) is 5.84. The first-order valence-electron chi connectivity index (χ1n) is 8.96. The largest absolute Gasteiger partial charge is 0.454 e. The second-order valence-corrected chi connectivity index (χ2v) is 8.87. The van der Waals surface area contributed by atoms with E-state index < -0.39 is 10.0 Å². The number of benzene rings is 2. The first-order chi connectivity index (χ1) is 13.4. The van der Waals surface area contributed by atoms with Gasteiger partial charge in [0.25, 0.3) is 0 Å². The van der Waals surface area contributed by atoms with E-state index in [1.807, 2.05) is 24.3 Å². The molecule has 1 unspecified atom stereocenters. The lowest BCUT2D eigenvalue weighted by Crippen LogP contribution is -2.30. The second-order valence-electron chi connectivity index (χ2n) is 6.93. The molecule has 0 fully saturated rings. The van der Waals surface area contributed by atoms with Crippen molar-refractivity contribution in [2.75, 3.05) is 19.9 Å². The fourth-order valence-corrected chi connectivity index (χ4v) is 4.76. The Morgan fingerprint density at radius 1 is 1.29 bits per heavy atom. The first-order valence-corrected chi connectivity index (χ1v) is 10.9. The summed E-state index contributed by atoms with van der Waals surface area (Å²) in [5.74, 6) is 1.29. The molecule has 4 rings (SSSR count). The second kappa shape index (κ2) is 7.40. The van der Waals surface area contributed by atoms with Crippen LogP contribution in [0.15, 0.2) is 47.9 Å². The van der Waals surface area contributed by atoms with Crippen LogP contribution >= 0.6 is 11.6 Å². The number of rotatable bonds is 4. The summed E-state index contributed by atoms with van der Waals surface area (Å²) in [5.41, 5.74) is 3.20. The maximum absolute atomic E-state index is 11.6. The van der Waals surface area contributed by atoms with Crippen LogP contribution in [-0.4, -0.2) is 33.2 Å². The topological polar surface area (TPSA) is 81.9 Å². The number of ether oxygens (including phenoxy) is 2. The molecule has 2 aromatic rings. The Balaban J connectivity index is 1.74. The molecule has 2 aliphatic heterocycles. The highest BCUT2D eigenvalue weighted by atomic mass is 35.5. The van der Waals surface area contributed by atoms with Gasteiger partial charge in [-0.05, 0) is 47.7 Å². The van der Waals surface area contributed by atoms with Gasteiger partial charge in [-0.2, -0.15) is 0 Å². The quantitative estimate of drug-likeness (QED) is 0.769. The van der Waals surface area contributed by atoms with E-state index in [2.05, 4.69) is 11.5 Å². The van der Waals surface area contributed by atoms with E-state index in [0.717, 1.165) is 29.7 Å². The number of nitrogens with two attached hydrogens (primary N) is 1. The molecule has 0 aromatic heterocycles. The highest BCUT2D eigenvalue weighted by Gasteiger charge is 2.30. The molecule has 0 saturated carbocycles. The van der Waals surface area contributed by atoms with Gasteiger partial charge in [0, 0.05) is 19.1 Å². The molecule has 2 aromatic carbocycles. The lowest BCUT2D eigenvalue weighted by atomic mass is 9.95. The summed E-state index contributed by atoms with van der Waals surface area (Å²) < 4.78 is 34.2. The Morgan fingerprint density at radius 3 is 2.71 bits per heavy atom. The van der Waals surface area contributed by atoms with Gasteiger partial charge >= 0.3 is 0 Å². The van der Waals surface area contributed by atoms with Crippen LogP contribution in [0.3, 0.4) is 0 Å². The van der Waals surface area contributed by atoms with Crippen molar-refractivity contribution in [2.24, 2.45) is 5.14 Å². The Labute approximate surface area is 169 Å². The van der Waals surface area contributed by atoms with Crippen molar-refractivity contribution in [1.29, 1.82) is 0 Å². The minimum atomic E-state index is -3.72. The van der Waals surface area contributed by atoms with Crippen LogP contribution in [0.1, 0.15) is 22.7 Å². The third-order valence-corrected chi connectivity index (χ3v) is 6.59. The number of halogens is 1. The minimum absolute atomic E-state index is 0.0465. The molecule has 0 amide bonds. The molecule has 28 heavy (non-hydrogen) atoms. The lowest BCUT2D eigenvalue weighted by Gasteiger charge is -2.29. The number of nitrogens with zero attached hydrogens (tertiary/aromatic N) is 1. The highest BCUT2D eigenvalue weighted by Crippen LogP contribution is 2.45. The molecule has 1 atom stereocenters. The Kier molecular flexibility index (Phi) is 5.09. The summed E-state index contributed by atoms with van der Waals surface area (Å²) in [7, 11) is -3.72. The molecule has 0 saturated heterocycles. The smallest absolute Gasteiger partial charge is 0.238 e. The summed E-state index contributed by atoms with van der Waals surface area (Å²) >= 11 is 6.61. The predicted molar refractivity (Wildman–Crippen MR) is 107 cm³/mol. The molecule has 2 N–H and O–H groups in total. The average molecular weight is 421 g/mol. The molecule has 6 nitrogen and oxygen atoms in total. The zero-order chi connectivity index (χ0) is 19.9. The maximum atomic E-state index is 11.6. The number of sulfonamides is 1. The molecule has 8 heteroatoms. The number of fused-ring (bicyclic) bond motifs is 2. The zero-order valence-corrected chi connectivity index (χ0v) is 16.8. The van der Waals surface area contributed by atoms with Crippen molar-refractivity contribution in [3.8, 4) is 11.5 Å². The number of hydrogen-bond acceptors (Lipinski definition) is 5. The van der Waals surface area contributed by atoms with E-state index in [0.29, 0.717) is 29.5 Å². The molecule has 0 spiro atoms. The Morgan fingerprint density at radius 2 is 2.04 bits per heavy atom. The van der Waals surface area contributed by atoms with Gasteiger partial charge < -0.3 is 9.47 Å². The van der Waals surface area contributed by atoms with Crippen LogP contribution in [0, 0.1) is 0 Å². The van der Waals surface area contributed by atoms with E-state index >= 15 is 0 Å². The van der Waals surface area contributed by atoms with Gasteiger partial charge in [-0.3, -0.25) is 4.90 Å². The number of primary sulfonamides is 1. The van der Waals surface area contributed by atoms with Crippen molar-refractivity contribution >= 4 is 21.6 Å². The lowest BCUT2D eigenvalue weighted by molar-refractivity contribution is 0.174. The summed E-state index contributed by atoms with van der Waals surface area (Å²) in [6.45, 7) is 5.55. The van der Waals surface area contributed by atoms with Gasteiger partial charge in [-0.15, -0.1) is 6.58 Å². The normalized spacial score (nSPS) is 19.1. The van der Waals surface area contributed by atoms with Crippen LogP contribution in [-0.2, 0) is 22.9 Å². The molecule has 0 aliphatic carbocycles. The van der Waals surface area contributed by atoms with Gasteiger partial charge in [0.1, 0.15) is 0 Å². The monoisotopic (exact) mass is 420 g/mol. The zero-order valence-electron chi connectivity index (χ0n) is 15.2. The molecule has 148 valence electrons. The number of hydrogen-bond donors (Lipinski definition) is 1. The van der Waals surface area contributed by atoms with E-state index in [-0.39, 0.29) is 17.7 Å². The van der Waals surface area contributed by atoms with E-state index in [9.17, 15) is 8.42 Å². The molecule has 0 radical (unpaired) electrons. The van der Waals surface area contributed by atoms with Gasteiger partial charge in [-0.25, -0.2) is 13.6 Å². The van der Waals surface area contributed by atoms with Crippen LogP contribution in [0.2, 0.25) is 5.02 Å². The van der Waals surface area contributed by atoms with Crippen molar-refractivity contribution < 1.29 is 17.9 Å². The van der Waals surface area contributed by atoms with Crippen molar-refractivity contribution in [3.05, 3.63) is 64.7 Å². The SMILES string of the molecule is C=CCN1CCc2c(cc3c(c2Cl)OCO3)CC1c1ccc(S(N)(=O)=O)cc1. The van der Waals surface area contributed by atoms with Gasteiger partial charge in [0.05, 0.1) is 9.92 Å². The van der Waals surface area contributed by atoms with Crippen LogP contribution in [0.5, 0.6) is 11.5 Å². The van der Waals surface area contributed by atoms with Gasteiger partial charge in [0.15, 0.2) is 11.5 Å².